The van der Waals surface area contributed by atoms with Gasteiger partial charge in [0, 0.05) is 0 Å². The van der Waals surface area contributed by atoms with Crippen LogP contribution >= 0.6 is 0 Å². The van der Waals surface area contributed by atoms with Gasteiger partial charge in [-0.3, -0.25) is 0 Å². The van der Waals surface area contributed by atoms with Gasteiger partial charge in [-0.2, -0.15) is 0 Å². The second-order valence-electron chi connectivity index (χ2n) is 2.67. The number of benzene rings is 1. The molecular weight excluding hydrogens is 184 g/mol. The SMILES string of the molecule is OCC(O)C#Cc1cc(O)ccc1O. The average molecular weight is 194 g/mol. The summed E-state index contributed by atoms with van der Waals surface area (Å²) in [6.07, 6.45) is -1.14. The standard InChI is InChI=1S/C10H10O4/c11-6-9(13)2-1-7-5-8(12)3-4-10(7)14/h3-5,9,11-14H,6H2. The number of aromatic hydroxyl groups is 2. The van der Waals surface area contributed by atoms with Crippen molar-refractivity contribution in [2.24, 2.45) is 0 Å². The second-order valence-corrected chi connectivity index (χ2v) is 2.67. The van der Waals surface area contributed by atoms with Crippen molar-refractivity contribution < 1.29 is 20.4 Å². The summed E-state index contributed by atoms with van der Waals surface area (Å²) < 4.78 is 0. The molecule has 0 amide bonds. The fourth-order valence-electron chi connectivity index (χ4n) is 0.831. The molecule has 74 valence electrons. The molecule has 1 rings (SSSR count). The van der Waals surface area contributed by atoms with Crippen LogP contribution in [-0.4, -0.2) is 33.1 Å². The van der Waals surface area contributed by atoms with Crippen LogP contribution in [0.15, 0.2) is 18.2 Å². The first-order valence-corrected chi connectivity index (χ1v) is 3.96. The number of aliphatic hydroxyl groups is 2. The Morgan fingerprint density at radius 2 is 2.00 bits per heavy atom. The highest BCUT2D eigenvalue weighted by Crippen LogP contribution is 2.20. The summed E-state index contributed by atoms with van der Waals surface area (Å²) in [6, 6.07) is 3.89. The van der Waals surface area contributed by atoms with E-state index in [1.807, 2.05) is 0 Å². The van der Waals surface area contributed by atoms with Crippen LogP contribution in [0.2, 0.25) is 0 Å². The Kier molecular flexibility index (Phi) is 3.35. The molecule has 0 heterocycles. The van der Waals surface area contributed by atoms with E-state index in [-0.39, 0.29) is 17.1 Å². The zero-order valence-electron chi connectivity index (χ0n) is 7.31. The Morgan fingerprint density at radius 1 is 1.29 bits per heavy atom. The summed E-state index contributed by atoms with van der Waals surface area (Å²) in [5.41, 5.74) is 0.206. The molecule has 0 radical (unpaired) electrons. The molecule has 1 aromatic rings. The van der Waals surface area contributed by atoms with E-state index >= 15 is 0 Å². The van der Waals surface area contributed by atoms with E-state index in [9.17, 15) is 5.11 Å². The van der Waals surface area contributed by atoms with Gasteiger partial charge in [0.2, 0.25) is 0 Å². The van der Waals surface area contributed by atoms with Gasteiger partial charge in [0.25, 0.3) is 0 Å². The van der Waals surface area contributed by atoms with Gasteiger partial charge in [0.1, 0.15) is 17.6 Å². The molecule has 14 heavy (non-hydrogen) atoms. The predicted molar refractivity (Wildman–Crippen MR) is 49.7 cm³/mol. The third-order valence-corrected chi connectivity index (χ3v) is 1.53. The minimum atomic E-state index is -1.14. The highest BCUT2D eigenvalue weighted by molar-refractivity contribution is 5.49. The van der Waals surface area contributed by atoms with Crippen LogP contribution in [0.4, 0.5) is 0 Å². The first-order chi connectivity index (χ1) is 6.63. The van der Waals surface area contributed by atoms with E-state index < -0.39 is 12.7 Å². The van der Waals surface area contributed by atoms with E-state index in [1.54, 1.807) is 0 Å². The van der Waals surface area contributed by atoms with Crippen LogP contribution in [0.1, 0.15) is 5.56 Å². The van der Waals surface area contributed by atoms with Gasteiger partial charge < -0.3 is 20.4 Å². The van der Waals surface area contributed by atoms with Gasteiger partial charge in [-0.05, 0) is 18.2 Å². The minimum absolute atomic E-state index is 0.0226. The predicted octanol–water partition coefficient (Wildman–Crippen LogP) is -0.197. The molecule has 0 aromatic heterocycles. The summed E-state index contributed by atoms with van der Waals surface area (Å²) in [5, 5.41) is 35.7. The van der Waals surface area contributed by atoms with E-state index in [2.05, 4.69) is 11.8 Å². The van der Waals surface area contributed by atoms with Crippen molar-refractivity contribution in [2.75, 3.05) is 6.61 Å². The van der Waals surface area contributed by atoms with Crippen LogP contribution in [0, 0.1) is 11.8 Å². The summed E-state index contributed by atoms with van der Waals surface area (Å²) >= 11 is 0. The Bertz CT molecular complexity index is 375. The van der Waals surface area contributed by atoms with Crippen LogP contribution in [0.25, 0.3) is 0 Å². The summed E-state index contributed by atoms with van der Waals surface area (Å²) in [5.74, 6) is 4.63. The topological polar surface area (TPSA) is 80.9 Å². The zero-order valence-corrected chi connectivity index (χ0v) is 7.31. The average Bonchev–Trinajstić information content (AvgIpc) is 2.19. The maximum Gasteiger partial charge on any atom is 0.138 e. The number of aliphatic hydroxyl groups excluding tert-OH is 2. The van der Waals surface area contributed by atoms with Crippen LogP contribution in [0.5, 0.6) is 11.5 Å². The summed E-state index contributed by atoms with van der Waals surface area (Å²) in [4.78, 5) is 0. The molecule has 4 heteroatoms. The van der Waals surface area contributed by atoms with E-state index in [0.29, 0.717) is 0 Å². The van der Waals surface area contributed by atoms with Crippen molar-refractivity contribution >= 4 is 0 Å². The molecule has 4 N–H and O–H groups in total. The largest absolute Gasteiger partial charge is 0.508 e. The Morgan fingerprint density at radius 3 is 2.64 bits per heavy atom. The Labute approximate surface area is 81.1 Å². The molecule has 4 nitrogen and oxygen atoms in total. The highest BCUT2D eigenvalue weighted by Gasteiger charge is 1.99. The molecule has 0 bridgehead atoms. The van der Waals surface area contributed by atoms with Crippen molar-refractivity contribution in [2.45, 2.75) is 6.10 Å². The molecule has 0 saturated carbocycles. The summed E-state index contributed by atoms with van der Waals surface area (Å²) in [6.45, 7) is -0.466. The van der Waals surface area contributed by atoms with Crippen molar-refractivity contribution in [3.63, 3.8) is 0 Å². The highest BCUT2D eigenvalue weighted by atomic mass is 16.3. The van der Waals surface area contributed by atoms with E-state index in [1.165, 1.54) is 18.2 Å². The number of rotatable bonds is 1. The Balaban J connectivity index is 2.94. The smallest absolute Gasteiger partial charge is 0.138 e. The molecule has 0 aliphatic rings. The lowest BCUT2D eigenvalue weighted by molar-refractivity contribution is 0.138. The maximum absolute atomic E-state index is 9.26. The van der Waals surface area contributed by atoms with Crippen molar-refractivity contribution in [3.05, 3.63) is 23.8 Å². The molecule has 1 atom stereocenters. The molecule has 0 aliphatic heterocycles. The lowest BCUT2D eigenvalue weighted by Gasteiger charge is -1.98. The van der Waals surface area contributed by atoms with Crippen molar-refractivity contribution in [3.8, 4) is 23.3 Å². The third-order valence-electron chi connectivity index (χ3n) is 1.53. The first-order valence-electron chi connectivity index (χ1n) is 3.96. The quantitative estimate of drug-likeness (QED) is 0.369. The van der Waals surface area contributed by atoms with Crippen LogP contribution < -0.4 is 0 Å². The lowest BCUT2D eigenvalue weighted by Crippen LogP contribution is -2.07. The number of hydrogen-bond donors (Lipinski definition) is 4. The fourth-order valence-corrected chi connectivity index (χ4v) is 0.831. The molecule has 1 unspecified atom stereocenters. The van der Waals surface area contributed by atoms with Gasteiger partial charge >= 0.3 is 0 Å². The number of phenolic OH excluding ortho intramolecular Hbond substituents is 2. The molecule has 0 saturated heterocycles. The van der Waals surface area contributed by atoms with Gasteiger partial charge in [0.15, 0.2) is 0 Å². The molecular formula is C10H10O4. The summed E-state index contributed by atoms with van der Waals surface area (Å²) in [7, 11) is 0. The number of hydrogen-bond acceptors (Lipinski definition) is 4. The molecule has 0 spiro atoms. The third kappa shape index (κ3) is 2.66. The normalized spacial score (nSPS) is 11.6. The van der Waals surface area contributed by atoms with Crippen LogP contribution in [-0.2, 0) is 0 Å². The Hall–Kier alpha value is -1.70. The monoisotopic (exact) mass is 194 g/mol. The van der Waals surface area contributed by atoms with E-state index in [0.717, 1.165) is 0 Å². The van der Waals surface area contributed by atoms with E-state index in [4.69, 9.17) is 15.3 Å². The molecule has 1 aromatic carbocycles. The molecule has 0 aliphatic carbocycles. The number of phenols is 2. The zero-order chi connectivity index (χ0) is 10.6. The van der Waals surface area contributed by atoms with Crippen LogP contribution in [0.3, 0.4) is 0 Å². The first kappa shape index (κ1) is 10.4. The van der Waals surface area contributed by atoms with Gasteiger partial charge in [-0.1, -0.05) is 11.8 Å². The van der Waals surface area contributed by atoms with Gasteiger partial charge in [0.05, 0.1) is 12.2 Å². The minimum Gasteiger partial charge on any atom is -0.508 e. The van der Waals surface area contributed by atoms with Gasteiger partial charge in [-0.15, -0.1) is 0 Å². The lowest BCUT2D eigenvalue weighted by atomic mass is 10.2. The van der Waals surface area contributed by atoms with Crippen molar-refractivity contribution in [1.82, 2.24) is 0 Å². The fraction of sp³-hybridized carbons (Fsp3) is 0.200. The second kappa shape index (κ2) is 4.51. The maximum atomic E-state index is 9.26. The molecule has 0 fully saturated rings. The van der Waals surface area contributed by atoms with Crippen molar-refractivity contribution in [1.29, 1.82) is 0 Å². The van der Waals surface area contributed by atoms with Gasteiger partial charge in [-0.25, -0.2) is 0 Å².